The molecule has 30 heavy (non-hydrogen) atoms. The number of aryl methyl sites for hydroxylation is 1. The van der Waals surface area contributed by atoms with Gasteiger partial charge in [-0.1, -0.05) is 5.16 Å². The van der Waals surface area contributed by atoms with E-state index in [-0.39, 0.29) is 5.91 Å². The molecule has 0 unspecified atom stereocenters. The lowest BCUT2D eigenvalue weighted by Crippen LogP contribution is -2.27. The van der Waals surface area contributed by atoms with E-state index in [0.29, 0.717) is 24.6 Å². The third-order valence-electron chi connectivity index (χ3n) is 3.51. The average Bonchev–Trinajstić information content (AvgIpc) is 2.93. The third-order valence-corrected chi connectivity index (χ3v) is 3.51. The lowest BCUT2D eigenvalue weighted by atomic mass is 10.2. The standard InChI is InChI=1S/C9H15N3O2.C6H3N3O7/c1-6-7(2)11-14-9(6)10-8(13)5-12(3)4;10-6-4(8(13)14)1-3(7(11)12)2-5(6)9(15)16/h5H2,1-4H3,(H,10,13);1-2,10H/p-1. The first-order valence-electron chi connectivity index (χ1n) is 8.00. The normalized spacial score (nSPS) is 10.2. The summed E-state index contributed by atoms with van der Waals surface area (Å²) in [5, 5.41) is 48.5. The first-order chi connectivity index (χ1) is 13.8. The van der Waals surface area contributed by atoms with Crippen LogP contribution in [0, 0.1) is 44.2 Å². The highest BCUT2D eigenvalue weighted by Crippen LogP contribution is 2.36. The van der Waals surface area contributed by atoms with Crippen molar-refractivity contribution in [1.29, 1.82) is 0 Å². The van der Waals surface area contributed by atoms with Crippen molar-refractivity contribution in [3.63, 3.8) is 0 Å². The second kappa shape index (κ2) is 9.87. The molecule has 0 saturated carbocycles. The van der Waals surface area contributed by atoms with Crippen LogP contribution in [0.25, 0.3) is 0 Å². The number of nitro benzene ring substituents is 3. The van der Waals surface area contributed by atoms with Gasteiger partial charge in [0.1, 0.15) is 0 Å². The molecule has 0 radical (unpaired) electrons. The van der Waals surface area contributed by atoms with Crippen LogP contribution in [0.2, 0.25) is 0 Å². The van der Waals surface area contributed by atoms with E-state index in [1.807, 2.05) is 27.9 Å². The van der Waals surface area contributed by atoms with Crippen LogP contribution in [0.5, 0.6) is 5.75 Å². The quantitative estimate of drug-likeness (QED) is 0.514. The maximum atomic E-state index is 11.3. The Morgan fingerprint density at radius 1 is 1.07 bits per heavy atom. The average molecular weight is 425 g/mol. The van der Waals surface area contributed by atoms with Gasteiger partial charge in [0.25, 0.3) is 17.1 Å². The van der Waals surface area contributed by atoms with Crippen molar-refractivity contribution < 1.29 is 29.2 Å². The second-order valence-electron chi connectivity index (χ2n) is 6.09. The van der Waals surface area contributed by atoms with Gasteiger partial charge in [-0.2, -0.15) is 0 Å². The highest BCUT2D eigenvalue weighted by atomic mass is 16.6. The molecule has 1 aromatic carbocycles. The number of benzene rings is 1. The van der Waals surface area contributed by atoms with Crippen molar-refractivity contribution in [1.82, 2.24) is 10.1 Å². The summed E-state index contributed by atoms with van der Waals surface area (Å²) in [5.41, 5.74) is -1.60. The fraction of sp³-hybridized carbons (Fsp3) is 0.333. The summed E-state index contributed by atoms with van der Waals surface area (Å²) in [4.78, 5) is 40.6. The molecular formula is C15H17N6O9-. The molecule has 162 valence electrons. The van der Waals surface area contributed by atoms with Crippen molar-refractivity contribution in [3.8, 4) is 5.75 Å². The van der Waals surface area contributed by atoms with Crippen molar-refractivity contribution in [2.24, 2.45) is 0 Å². The van der Waals surface area contributed by atoms with Crippen LogP contribution < -0.4 is 10.4 Å². The molecule has 15 nitrogen and oxygen atoms in total. The highest BCUT2D eigenvalue weighted by molar-refractivity contribution is 5.91. The summed E-state index contributed by atoms with van der Waals surface area (Å²) in [5.74, 6) is -1.12. The number of carbonyl (C=O) groups is 1. The van der Waals surface area contributed by atoms with Gasteiger partial charge in [0.05, 0.1) is 44.9 Å². The number of nitrogens with one attached hydrogen (secondary N) is 1. The zero-order valence-electron chi connectivity index (χ0n) is 16.3. The van der Waals surface area contributed by atoms with Crippen LogP contribution >= 0.6 is 0 Å². The van der Waals surface area contributed by atoms with E-state index in [9.17, 15) is 40.2 Å². The molecule has 0 atom stereocenters. The lowest BCUT2D eigenvalue weighted by Gasteiger charge is -2.08. The van der Waals surface area contributed by atoms with E-state index in [1.165, 1.54) is 0 Å². The number of non-ortho nitro benzene ring substituents is 1. The summed E-state index contributed by atoms with van der Waals surface area (Å²) < 4.78 is 4.95. The van der Waals surface area contributed by atoms with Crippen LogP contribution in [-0.4, -0.2) is 51.4 Å². The maximum Gasteiger partial charge on any atom is 0.283 e. The second-order valence-corrected chi connectivity index (χ2v) is 6.09. The minimum atomic E-state index is -1.46. The molecule has 0 fully saturated rings. The zero-order chi connectivity index (χ0) is 23.2. The molecule has 0 aliphatic carbocycles. The van der Waals surface area contributed by atoms with E-state index in [1.54, 1.807) is 4.90 Å². The van der Waals surface area contributed by atoms with Crippen LogP contribution in [0.3, 0.4) is 0 Å². The van der Waals surface area contributed by atoms with Gasteiger partial charge in [0.2, 0.25) is 11.8 Å². The van der Waals surface area contributed by atoms with Gasteiger partial charge in [-0.25, -0.2) is 0 Å². The molecule has 1 N–H and O–H groups in total. The zero-order valence-corrected chi connectivity index (χ0v) is 16.3. The van der Waals surface area contributed by atoms with E-state index in [4.69, 9.17) is 4.52 Å². The minimum absolute atomic E-state index is 0.103. The molecule has 0 spiro atoms. The SMILES string of the molecule is Cc1noc(NC(=O)CN(C)C)c1C.O=[N+]([O-])c1cc([N+](=O)[O-])c([O-])c([N+](=O)[O-])c1. The Bertz CT molecular complexity index is 950. The van der Waals surface area contributed by atoms with Gasteiger partial charge < -0.3 is 14.5 Å². The number of nitro groups is 3. The first kappa shape index (κ1) is 23.9. The molecule has 15 heteroatoms. The van der Waals surface area contributed by atoms with E-state index >= 15 is 0 Å². The van der Waals surface area contributed by atoms with Gasteiger partial charge in [-0.3, -0.25) is 40.5 Å². The van der Waals surface area contributed by atoms with Crippen LogP contribution in [0.15, 0.2) is 16.7 Å². The Balaban J connectivity index is 0.000000303. The van der Waals surface area contributed by atoms with Crippen LogP contribution in [0.4, 0.5) is 22.9 Å². The molecule has 0 aliphatic heterocycles. The number of anilines is 1. The van der Waals surface area contributed by atoms with Crippen molar-refractivity contribution in [2.45, 2.75) is 13.8 Å². The molecule has 1 heterocycles. The molecule has 1 amide bonds. The van der Waals surface area contributed by atoms with Crippen molar-refractivity contribution in [3.05, 3.63) is 53.7 Å². The maximum absolute atomic E-state index is 11.3. The molecule has 2 rings (SSSR count). The van der Waals surface area contributed by atoms with Gasteiger partial charge >= 0.3 is 0 Å². The Hall–Kier alpha value is -4.14. The topological polar surface area (TPSA) is 211 Å². The largest absolute Gasteiger partial charge is 0.863 e. The number of hydrogen-bond acceptors (Lipinski definition) is 11. The fourth-order valence-electron chi connectivity index (χ4n) is 1.95. The molecule has 0 bridgehead atoms. The molecule has 2 aromatic rings. The van der Waals surface area contributed by atoms with Gasteiger partial charge in [0.15, 0.2) is 0 Å². The first-order valence-corrected chi connectivity index (χ1v) is 8.00. The summed E-state index contributed by atoms with van der Waals surface area (Å²) in [6, 6.07) is 0.769. The highest BCUT2D eigenvalue weighted by Gasteiger charge is 2.24. The summed E-state index contributed by atoms with van der Waals surface area (Å²) in [7, 11) is 3.66. The number of aromatic nitrogens is 1. The smallest absolute Gasteiger partial charge is 0.283 e. The molecule has 0 saturated heterocycles. The Labute approximate surface area is 168 Å². The molecule has 1 aromatic heterocycles. The fourth-order valence-corrected chi connectivity index (χ4v) is 1.95. The number of rotatable bonds is 6. The van der Waals surface area contributed by atoms with Crippen LogP contribution in [0.1, 0.15) is 11.3 Å². The monoisotopic (exact) mass is 425 g/mol. The Kier molecular flexibility index (Phi) is 7.87. The van der Waals surface area contributed by atoms with E-state index < -0.39 is 37.6 Å². The number of amides is 1. The van der Waals surface area contributed by atoms with Crippen molar-refractivity contribution in [2.75, 3.05) is 26.0 Å². The van der Waals surface area contributed by atoms with Crippen LogP contribution in [-0.2, 0) is 4.79 Å². The summed E-state index contributed by atoms with van der Waals surface area (Å²) in [6.07, 6.45) is 0. The third kappa shape index (κ3) is 6.20. The predicted molar refractivity (Wildman–Crippen MR) is 99.0 cm³/mol. The molecule has 0 aliphatic rings. The van der Waals surface area contributed by atoms with Gasteiger partial charge in [-0.15, -0.1) is 0 Å². The summed E-state index contributed by atoms with van der Waals surface area (Å²) >= 11 is 0. The minimum Gasteiger partial charge on any atom is -0.863 e. The van der Waals surface area contributed by atoms with Gasteiger partial charge in [-0.05, 0) is 27.9 Å². The van der Waals surface area contributed by atoms with E-state index in [0.717, 1.165) is 11.3 Å². The molecular weight excluding hydrogens is 408 g/mol. The van der Waals surface area contributed by atoms with E-state index in [2.05, 4.69) is 10.5 Å². The lowest BCUT2D eigenvalue weighted by molar-refractivity contribution is -0.420. The number of hydrogen-bond donors (Lipinski definition) is 1. The number of carbonyl (C=O) groups excluding carboxylic acids is 1. The summed E-state index contributed by atoms with van der Waals surface area (Å²) in [6.45, 7) is 4.02. The number of likely N-dealkylation sites (N-methyl/N-ethyl adjacent to an activating group) is 1. The Morgan fingerprint density at radius 3 is 1.90 bits per heavy atom. The van der Waals surface area contributed by atoms with Gasteiger partial charge in [0, 0.05) is 5.56 Å². The predicted octanol–water partition coefficient (Wildman–Crippen LogP) is 1.28. The van der Waals surface area contributed by atoms with Crippen molar-refractivity contribution >= 4 is 28.9 Å². The number of nitrogens with zero attached hydrogens (tertiary/aromatic N) is 5. The Morgan fingerprint density at radius 2 is 1.57 bits per heavy atom.